The molecule has 1 aliphatic carbocycles. The summed E-state index contributed by atoms with van der Waals surface area (Å²) in [7, 11) is 0. The van der Waals surface area contributed by atoms with Gasteiger partial charge in [0.05, 0.1) is 17.6 Å². The zero-order valence-electron chi connectivity index (χ0n) is 15.4. The summed E-state index contributed by atoms with van der Waals surface area (Å²) < 4.78 is 0. The van der Waals surface area contributed by atoms with Crippen LogP contribution in [0.25, 0.3) is 0 Å². The van der Waals surface area contributed by atoms with Gasteiger partial charge in [0.2, 0.25) is 0 Å². The number of nitrogens with zero attached hydrogens (tertiary/aromatic N) is 1. The zero-order valence-corrected chi connectivity index (χ0v) is 16.1. The minimum Gasteiger partial charge on any atom is -0.508 e. The first-order chi connectivity index (χ1) is 13.5. The summed E-state index contributed by atoms with van der Waals surface area (Å²) in [5.41, 5.74) is 4.77. The Labute approximate surface area is 168 Å². The molecule has 0 unspecified atom stereocenters. The van der Waals surface area contributed by atoms with E-state index in [-0.39, 0.29) is 17.5 Å². The SMILES string of the molecule is CC1=C(C#N)[C@H](c2ccc(O)cc2)C2=C(C[C@@H](c3ccc(Cl)cc3)CC2=O)N1. The Morgan fingerprint density at radius 3 is 2.36 bits per heavy atom. The first kappa shape index (κ1) is 18.3. The number of nitriles is 1. The second kappa shape index (κ2) is 7.18. The second-order valence-corrected chi connectivity index (χ2v) is 7.71. The Bertz CT molecular complexity index is 1040. The Balaban J connectivity index is 1.77. The van der Waals surface area contributed by atoms with Crippen molar-refractivity contribution in [3.63, 3.8) is 0 Å². The number of nitrogens with one attached hydrogen (secondary N) is 1. The first-order valence-electron chi connectivity index (χ1n) is 9.16. The van der Waals surface area contributed by atoms with Crippen molar-refractivity contribution in [3.05, 3.63) is 87.2 Å². The van der Waals surface area contributed by atoms with Gasteiger partial charge in [0.15, 0.2) is 5.78 Å². The van der Waals surface area contributed by atoms with Crippen molar-refractivity contribution in [2.75, 3.05) is 0 Å². The van der Waals surface area contributed by atoms with Crippen LogP contribution in [-0.2, 0) is 4.79 Å². The number of rotatable bonds is 2. The highest BCUT2D eigenvalue weighted by Crippen LogP contribution is 2.45. The molecule has 0 aromatic heterocycles. The summed E-state index contributed by atoms with van der Waals surface area (Å²) in [6, 6.07) is 16.6. The van der Waals surface area contributed by atoms with E-state index in [4.69, 9.17) is 11.6 Å². The summed E-state index contributed by atoms with van der Waals surface area (Å²) in [4.78, 5) is 13.2. The number of aromatic hydroxyl groups is 1. The van der Waals surface area contributed by atoms with Crippen LogP contribution in [-0.4, -0.2) is 10.9 Å². The van der Waals surface area contributed by atoms with Gasteiger partial charge in [-0.3, -0.25) is 4.79 Å². The Morgan fingerprint density at radius 1 is 1.07 bits per heavy atom. The number of dihydropyridines is 1. The van der Waals surface area contributed by atoms with Gasteiger partial charge in [-0.1, -0.05) is 35.9 Å². The first-order valence-corrected chi connectivity index (χ1v) is 9.54. The van der Waals surface area contributed by atoms with Crippen LogP contribution in [0.1, 0.15) is 42.7 Å². The fourth-order valence-corrected chi connectivity index (χ4v) is 4.28. The van der Waals surface area contributed by atoms with E-state index in [0.29, 0.717) is 29.0 Å². The molecule has 1 heterocycles. The average molecular weight is 391 g/mol. The summed E-state index contributed by atoms with van der Waals surface area (Å²) in [5, 5.41) is 23.3. The van der Waals surface area contributed by atoms with E-state index in [2.05, 4.69) is 11.4 Å². The fraction of sp³-hybridized carbons (Fsp3) is 0.217. The number of phenols is 1. The topological polar surface area (TPSA) is 73.1 Å². The van der Waals surface area contributed by atoms with Gasteiger partial charge in [-0.15, -0.1) is 0 Å². The van der Waals surface area contributed by atoms with Gasteiger partial charge < -0.3 is 10.4 Å². The lowest BCUT2D eigenvalue weighted by molar-refractivity contribution is -0.116. The molecule has 5 heteroatoms. The average Bonchev–Trinajstić information content (AvgIpc) is 2.68. The second-order valence-electron chi connectivity index (χ2n) is 7.27. The molecule has 28 heavy (non-hydrogen) atoms. The highest BCUT2D eigenvalue weighted by Gasteiger charge is 2.38. The molecule has 140 valence electrons. The standard InChI is InChI=1S/C23H19ClN2O2/c1-13-19(12-25)22(15-4-8-18(27)9-5-15)23-20(26-13)10-16(11-21(23)28)14-2-6-17(24)7-3-14/h2-9,16,22,26-27H,10-11H2,1H3/t16-,22+/m1/s1. The number of hydrogen-bond donors (Lipinski definition) is 2. The van der Waals surface area contributed by atoms with Gasteiger partial charge >= 0.3 is 0 Å². The molecular weight excluding hydrogens is 372 g/mol. The maximum atomic E-state index is 13.2. The van der Waals surface area contributed by atoms with Crippen molar-refractivity contribution in [3.8, 4) is 11.8 Å². The number of carbonyl (C=O) groups excluding carboxylic acids is 1. The van der Waals surface area contributed by atoms with Crippen LogP contribution >= 0.6 is 11.6 Å². The predicted molar refractivity (Wildman–Crippen MR) is 108 cm³/mol. The van der Waals surface area contributed by atoms with E-state index in [0.717, 1.165) is 22.5 Å². The normalized spacial score (nSPS) is 21.8. The van der Waals surface area contributed by atoms with Crippen LogP contribution in [0.2, 0.25) is 5.02 Å². The molecule has 2 aromatic carbocycles. The molecule has 2 aromatic rings. The van der Waals surface area contributed by atoms with Crippen molar-refractivity contribution in [2.45, 2.75) is 31.6 Å². The third-order valence-electron chi connectivity index (χ3n) is 5.52. The van der Waals surface area contributed by atoms with E-state index in [1.807, 2.05) is 31.2 Å². The van der Waals surface area contributed by atoms with Crippen molar-refractivity contribution in [2.24, 2.45) is 0 Å². The molecule has 2 atom stereocenters. The lowest BCUT2D eigenvalue weighted by atomic mass is 9.72. The van der Waals surface area contributed by atoms with Crippen LogP contribution in [0.4, 0.5) is 0 Å². The van der Waals surface area contributed by atoms with Gasteiger partial charge in [0, 0.05) is 28.4 Å². The van der Waals surface area contributed by atoms with Crippen molar-refractivity contribution < 1.29 is 9.90 Å². The molecular formula is C23H19ClN2O2. The van der Waals surface area contributed by atoms with Gasteiger partial charge in [0.1, 0.15) is 5.75 Å². The number of benzene rings is 2. The molecule has 0 bridgehead atoms. The highest BCUT2D eigenvalue weighted by molar-refractivity contribution is 6.30. The number of halogens is 1. The van der Waals surface area contributed by atoms with Crippen LogP contribution in [0, 0.1) is 11.3 Å². The van der Waals surface area contributed by atoms with Gasteiger partial charge in [-0.25, -0.2) is 0 Å². The summed E-state index contributed by atoms with van der Waals surface area (Å²) in [6.45, 7) is 1.87. The van der Waals surface area contributed by atoms with E-state index >= 15 is 0 Å². The smallest absolute Gasteiger partial charge is 0.162 e. The molecule has 1 aliphatic heterocycles. The van der Waals surface area contributed by atoms with Crippen LogP contribution in [0.3, 0.4) is 0 Å². The monoisotopic (exact) mass is 390 g/mol. The van der Waals surface area contributed by atoms with Crippen LogP contribution in [0.5, 0.6) is 5.75 Å². The number of ketones is 1. The molecule has 2 N–H and O–H groups in total. The predicted octanol–water partition coefficient (Wildman–Crippen LogP) is 4.93. The fourth-order valence-electron chi connectivity index (χ4n) is 4.16. The summed E-state index contributed by atoms with van der Waals surface area (Å²) in [5.74, 6) is -0.121. The lowest BCUT2D eigenvalue weighted by Crippen LogP contribution is -2.33. The Kier molecular flexibility index (Phi) is 4.70. The maximum Gasteiger partial charge on any atom is 0.162 e. The minimum atomic E-state index is -0.402. The van der Waals surface area contributed by atoms with Crippen molar-refractivity contribution >= 4 is 17.4 Å². The quantitative estimate of drug-likeness (QED) is 0.762. The van der Waals surface area contributed by atoms with E-state index in [1.165, 1.54) is 0 Å². The lowest BCUT2D eigenvalue weighted by Gasteiger charge is -2.35. The Hall–Kier alpha value is -3.03. The highest BCUT2D eigenvalue weighted by atomic mass is 35.5. The molecule has 0 spiro atoms. The molecule has 4 rings (SSSR count). The summed E-state index contributed by atoms with van der Waals surface area (Å²) in [6.07, 6.45) is 1.10. The maximum absolute atomic E-state index is 13.2. The number of allylic oxidation sites excluding steroid dienone is 4. The largest absolute Gasteiger partial charge is 0.508 e. The molecule has 2 aliphatic rings. The van der Waals surface area contributed by atoms with E-state index in [9.17, 15) is 15.2 Å². The van der Waals surface area contributed by atoms with Crippen LogP contribution < -0.4 is 5.32 Å². The molecule has 0 fully saturated rings. The summed E-state index contributed by atoms with van der Waals surface area (Å²) >= 11 is 6.00. The van der Waals surface area contributed by atoms with Gasteiger partial charge in [-0.2, -0.15) is 5.26 Å². The van der Waals surface area contributed by atoms with Crippen LogP contribution in [0.15, 0.2) is 71.1 Å². The van der Waals surface area contributed by atoms with E-state index < -0.39 is 5.92 Å². The number of carbonyl (C=O) groups is 1. The third-order valence-corrected chi connectivity index (χ3v) is 5.77. The van der Waals surface area contributed by atoms with Crippen molar-refractivity contribution in [1.29, 1.82) is 5.26 Å². The molecule has 0 saturated carbocycles. The number of hydrogen-bond acceptors (Lipinski definition) is 4. The minimum absolute atomic E-state index is 0.0482. The molecule has 0 amide bonds. The van der Waals surface area contributed by atoms with Crippen molar-refractivity contribution in [1.82, 2.24) is 5.32 Å². The van der Waals surface area contributed by atoms with Gasteiger partial charge in [0.25, 0.3) is 0 Å². The van der Waals surface area contributed by atoms with E-state index in [1.54, 1.807) is 24.3 Å². The number of phenolic OH excluding ortho intramolecular Hbond substituents is 1. The molecule has 0 radical (unpaired) electrons. The molecule has 0 saturated heterocycles. The number of Topliss-reactive ketones (excluding diaryl/α,β-unsaturated/α-hetero) is 1. The molecule has 4 nitrogen and oxygen atoms in total. The van der Waals surface area contributed by atoms with Gasteiger partial charge in [-0.05, 0) is 54.7 Å². The zero-order chi connectivity index (χ0) is 19.8. The Morgan fingerprint density at radius 2 is 1.71 bits per heavy atom. The third kappa shape index (κ3) is 3.19.